The number of halogens is 1. The molecule has 86 valence electrons. The summed E-state index contributed by atoms with van der Waals surface area (Å²) in [5.74, 6) is 0.642. The molecule has 0 aliphatic carbocycles. The van der Waals surface area contributed by atoms with Crippen LogP contribution in [-0.4, -0.2) is 21.0 Å². The van der Waals surface area contributed by atoms with Crippen molar-refractivity contribution >= 4 is 0 Å². The van der Waals surface area contributed by atoms with E-state index in [1.54, 1.807) is 6.92 Å². The first-order valence-corrected chi connectivity index (χ1v) is 5.11. The fourth-order valence-electron chi connectivity index (χ4n) is 1.41. The minimum atomic E-state index is -0.410. The summed E-state index contributed by atoms with van der Waals surface area (Å²) in [6.07, 6.45) is 0.358. The highest BCUT2D eigenvalue weighted by Gasteiger charge is 2.20. The molecule has 15 heavy (non-hydrogen) atoms. The van der Waals surface area contributed by atoms with Crippen LogP contribution in [0.4, 0.5) is 4.39 Å². The van der Waals surface area contributed by atoms with Crippen LogP contribution in [0.2, 0.25) is 0 Å². The Morgan fingerprint density at radius 2 is 2.00 bits per heavy atom. The number of aromatic nitrogens is 3. The van der Waals surface area contributed by atoms with Gasteiger partial charge in [0.1, 0.15) is 5.82 Å². The standard InChI is InChI=1S/C10H18FN3O/c1-8-12-14(10(2,3)4)9(15)13(8)7-5-6-11/h5-7H2,1-4H3. The van der Waals surface area contributed by atoms with Crippen LogP contribution < -0.4 is 5.69 Å². The van der Waals surface area contributed by atoms with Crippen LogP contribution in [0.15, 0.2) is 4.79 Å². The van der Waals surface area contributed by atoms with Crippen molar-refractivity contribution < 1.29 is 4.39 Å². The number of rotatable bonds is 3. The molecule has 0 aliphatic heterocycles. The van der Waals surface area contributed by atoms with E-state index >= 15 is 0 Å². The molecule has 0 spiro atoms. The smallest absolute Gasteiger partial charge is 0.279 e. The summed E-state index contributed by atoms with van der Waals surface area (Å²) in [5, 5.41) is 4.18. The summed E-state index contributed by atoms with van der Waals surface area (Å²) in [5.41, 5.74) is -0.489. The molecule has 0 saturated carbocycles. The highest BCUT2D eigenvalue weighted by atomic mass is 19.1. The molecule has 0 fully saturated rings. The molecule has 5 heteroatoms. The zero-order chi connectivity index (χ0) is 11.6. The van der Waals surface area contributed by atoms with E-state index in [1.165, 1.54) is 9.25 Å². The molecule has 4 nitrogen and oxygen atoms in total. The van der Waals surface area contributed by atoms with Crippen LogP contribution >= 0.6 is 0 Å². The normalized spacial score (nSPS) is 12.1. The molecule has 0 bridgehead atoms. The summed E-state index contributed by atoms with van der Waals surface area (Å²) in [6.45, 7) is 7.51. The zero-order valence-electron chi connectivity index (χ0n) is 9.75. The van der Waals surface area contributed by atoms with Crippen molar-refractivity contribution in [3.8, 4) is 0 Å². The maximum atomic E-state index is 12.0. The van der Waals surface area contributed by atoms with Crippen LogP contribution in [0.3, 0.4) is 0 Å². The fraction of sp³-hybridized carbons (Fsp3) is 0.800. The zero-order valence-corrected chi connectivity index (χ0v) is 9.75. The Bertz CT molecular complexity index is 386. The molecule has 0 saturated heterocycles. The Morgan fingerprint density at radius 3 is 2.40 bits per heavy atom. The number of aryl methyl sites for hydroxylation is 1. The van der Waals surface area contributed by atoms with Crippen LogP contribution in [0.1, 0.15) is 33.0 Å². The molecule has 1 heterocycles. The molecule has 1 aromatic heterocycles. The maximum absolute atomic E-state index is 12.0. The second-order valence-electron chi connectivity index (χ2n) is 4.61. The lowest BCUT2D eigenvalue weighted by molar-refractivity contribution is 0.338. The average Bonchev–Trinajstić information content (AvgIpc) is 2.39. The number of hydrogen-bond acceptors (Lipinski definition) is 2. The molecular formula is C10H18FN3O. The highest BCUT2D eigenvalue weighted by molar-refractivity contribution is 4.87. The fourth-order valence-corrected chi connectivity index (χ4v) is 1.41. The summed E-state index contributed by atoms with van der Waals surface area (Å²) < 4.78 is 15.0. The predicted molar refractivity (Wildman–Crippen MR) is 56.8 cm³/mol. The van der Waals surface area contributed by atoms with Gasteiger partial charge in [0.15, 0.2) is 0 Å². The van der Waals surface area contributed by atoms with E-state index in [-0.39, 0.29) is 11.2 Å². The molecule has 0 aliphatic rings. The van der Waals surface area contributed by atoms with E-state index in [9.17, 15) is 9.18 Å². The van der Waals surface area contributed by atoms with Crippen molar-refractivity contribution in [1.82, 2.24) is 14.3 Å². The third-order valence-corrected chi connectivity index (χ3v) is 2.20. The molecule has 0 atom stereocenters. The third kappa shape index (κ3) is 2.46. The van der Waals surface area contributed by atoms with Crippen molar-refractivity contribution in [2.24, 2.45) is 0 Å². The van der Waals surface area contributed by atoms with Crippen LogP contribution in [-0.2, 0) is 12.1 Å². The van der Waals surface area contributed by atoms with Crippen LogP contribution in [0, 0.1) is 6.92 Å². The lowest BCUT2D eigenvalue weighted by Gasteiger charge is -2.16. The molecule has 0 radical (unpaired) electrons. The molecule has 0 unspecified atom stereocenters. The molecular weight excluding hydrogens is 197 g/mol. The second-order valence-corrected chi connectivity index (χ2v) is 4.61. The first-order valence-electron chi connectivity index (χ1n) is 5.11. The Balaban J connectivity index is 3.10. The molecule has 1 aromatic rings. The summed E-state index contributed by atoms with van der Waals surface area (Å²) in [7, 11) is 0. The molecule has 0 aromatic carbocycles. The van der Waals surface area contributed by atoms with Gasteiger partial charge in [0.25, 0.3) is 0 Å². The van der Waals surface area contributed by atoms with Gasteiger partial charge < -0.3 is 0 Å². The third-order valence-electron chi connectivity index (χ3n) is 2.20. The van der Waals surface area contributed by atoms with Gasteiger partial charge in [-0.15, -0.1) is 0 Å². The van der Waals surface area contributed by atoms with Gasteiger partial charge >= 0.3 is 5.69 Å². The van der Waals surface area contributed by atoms with Crippen molar-refractivity contribution in [2.75, 3.05) is 6.67 Å². The molecule has 0 N–H and O–H groups in total. The monoisotopic (exact) mass is 215 g/mol. The lowest BCUT2D eigenvalue weighted by atomic mass is 10.1. The van der Waals surface area contributed by atoms with Gasteiger partial charge in [0.2, 0.25) is 0 Å². The van der Waals surface area contributed by atoms with Crippen LogP contribution in [0.5, 0.6) is 0 Å². The van der Waals surface area contributed by atoms with E-state index in [2.05, 4.69) is 5.10 Å². The predicted octanol–water partition coefficient (Wildman–Crippen LogP) is 1.47. The summed E-state index contributed by atoms with van der Waals surface area (Å²) >= 11 is 0. The first kappa shape index (κ1) is 11.9. The van der Waals surface area contributed by atoms with E-state index < -0.39 is 6.67 Å². The Kier molecular flexibility index (Phi) is 3.31. The number of nitrogens with zero attached hydrogens (tertiary/aromatic N) is 3. The van der Waals surface area contributed by atoms with E-state index in [1.807, 2.05) is 20.8 Å². The van der Waals surface area contributed by atoms with Gasteiger partial charge in [-0.2, -0.15) is 5.10 Å². The minimum Gasteiger partial charge on any atom is -0.279 e. The van der Waals surface area contributed by atoms with E-state index in [0.29, 0.717) is 18.8 Å². The Morgan fingerprint density at radius 1 is 1.40 bits per heavy atom. The van der Waals surface area contributed by atoms with E-state index in [4.69, 9.17) is 0 Å². The topological polar surface area (TPSA) is 39.8 Å². The van der Waals surface area contributed by atoms with Gasteiger partial charge in [0.05, 0.1) is 12.2 Å². The van der Waals surface area contributed by atoms with Gasteiger partial charge in [-0.05, 0) is 34.1 Å². The number of alkyl halides is 1. The lowest BCUT2D eigenvalue weighted by Crippen LogP contribution is -2.35. The quantitative estimate of drug-likeness (QED) is 0.766. The van der Waals surface area contributed by atoms with Crippen molar-refractivity contribution in [3.63, 3.8) is 0 Å². The van der Waals surface area contributed by atoms with Gasteiger partial charge in [-0.1, -0.05) is 0 Å². The highest BCUT2D eigenvalue weighted by Crippen LogP contribution is 2.09. The molecule has 0 amide bonds. The largest absolute Gasteiger partial charge is 0.346 e. The second kappa shape index (κ2) is 4.16. The van der Waals surface area contributed by atoms with Crippen molar-refractivity contribution in [2.45, 2.75) is 46.2 Å². The Labute approximate surface area is 88.7 Å². The number of hydrogen-bond donors (Lipinski definition) is 0. The van der Waals surface area contributed by atoms with Gasteiger partial charge in [-0.3, -0.25) is 8.96 Å². The van der Waals surface area contributed by atoms with E-state index in [0.717, 1.165) is 0 Å². The summed E-state index contributed by atoms with van der Waals surface area (Å²) in [4.78, 5) is 11.9. The first-order chi connectivity index (χ1) is 6.88. The van der Waals surface area contributed by atoms with Crippen molar-refractivity contribution in [3.05, 3.63) is 16.3 Å². The SMILES string of the molecule is Cc1nn(C(C)(C)C)c(=O)n1CCCF. The minimum absolute atomic E-state index is 0.159. The molecule has 1 rings (SSSR count). The summed E-state index contributed by atoms with van der Waals surface area (Å²) in [6, 6.07) is 0. The Hall–Kier alpha value is -1.13. The maximum Gasteiger partial charge on any atom is 0.346 e. The average molecular weight is 215 g/mol. The van der Waals surface area contributed by atoms with Gasteiger partial charge in [0, 0.05) is 6.54 Å². The van der Waals surface area contributed by atoms with Gasteiger partial charge in [-0.25, -0.2) is 9.48 Å². The van der Waals surface area contributed by atoms with Crippen LogP contribution in [0.25, 0.3) is 0 Å². The van der Waals surface area contributed by atoms with Crippen molar-refractivity contribution in [1.29, 1.82) is 0 Å².